The molecule has 2 heteroatoms. The molecule has 0 radical (unpaired) electrons. The lowest BCUT2D eigenvalue weighted by atomic mass is 10.1. The molecule has 0 fully saturated rings. The standard InChI is InChI=1S/C10H13FO.C2H6/c1-8-2-4-9(5-3-8)10(12)6-7-11;1-2/h2-5,10,12H,6-7H2,1H3;1-2H3. The van der Waals surface area contributed by atoms with Crippen molar-refractivity contribution in [2.45, 2.75) is 33.3 Å². The summed E-state index contributed by atoms with van der Waals surface area (Å²) in [5, 5.41) is 9.37. The average molecular weight is 198 g/mol. The van der Waals surface area contributed by atoms with Crippen LogP contribution in [0.2, 0.25) is 0 Å². The fourth-order valence-electron chi connectivity index (χ4n) is 1.06. The summed E-state index contributed by atoms with van der Waals surface area (Å²) in [5.74, 6) is 0. The van der Waals surface area contributed by atoms with Crippen LogP contribution in [-0.4, -0.2) is 11.8 Å². The maximum Gasteiger partial charge on any atom is 0.0922 e. The Morgan fingerprint density at radius 1 is 1.21 bits per heavy atom. The van der Waals surface area contributed by atoms with Crippen LogP contribution in [0.15, 0.2) is 24.3 Å². The van der Waals surface area contributed by atoms with Crippen LogP contribution >= 0.6 is 0 Å². The summed E-state index contributed by atoms with van der Waals surface area (Å²) >= 11 is 0. The summed E-state index contributed by atoms with van der Waals surface area (Å²) in [6, 6.07) is 7.49. The second-order valence-electron chi connectivity index (χ2n) is 2.90. The second-order valence-corrected chi connectivity index (χ2v) is 2.90. The normalized spacial score (nSPS) is 11.5. The zero-order valence-corrected chi connectivity index (χ0v) is 9.13. The van der Waals surface area contributed by atoms with Gasteiger partial charge in [0, 0.05) is 6.42 Å². The van der Waals surface area contributed by atoms with Crippen molar-refractivity contribution in [1.82, 2.24) is 0 Å². The van der Waals surface area contributed by atoms with E-state index in [2.05, 4.69) is 0 Å². The summed E-state index contributed by atoms with van der Waals surface area (Å²) in [6.45, 7) is 5.50. The van der Waals surface area contributed by atoms with Crippen molar-refractivity contribution in [2.24, 2.45) is 0 Å². The molecule has 0 bridgehead atoms. The first-order valence-electron chi connectivity index (χ1n) is 5.04. The summed E-state index contributed by atoms with van der Waals surface area (Å²) < 4.78 is 11.8. The molecule has 80 valence electrons. The first-order chi connectivity index (χ1) is 6.74. The fourth-order valence-corrected chi connectivity index (χ4v) is 1.06. The summed E-state index contributed by atoms with van der Waals surface area (Å²) in [4.78, 5) is 0. The van der Waals surface area contributed by atoms with Gasteiger partial charge in [0.1, 0.15) is 0 Å². The van der Waals surface area contributed by atoms with E-state index in [-0.39, 0.29) is 6.42 Å². The van der Waals surface area contributed by atoms with E-state index in [1.54, 1.807) is 0 Å². The lowest BCUT2D eigenvalue weighted by Crippen LogP contribution is -1.97. The summed E-state index contributed by atoms with van der Waals surface area (Å²) in [7, 11) is 0. The molecule has 0 saturated heterocycles. The van der Waals surface area contributed by atoms with E-state index in [1.807, 2.05) is 45.0 Å². The monoisotopic (exact) mass is 198 g/mol. The Morgan fingerprint density at radius 2 is 1.71 bits per heavy atom. The minimum absolute atomic E-state index is 0.184. The average Bonchev–Trinajstić information content (AvgIpc) is 2.22. The van der Waals surface area contributed by atoms with Gasteiger partial charge >= 0.3 is 0 Å². The highest BCUT2D eigenvalue weighted by Gasteiger charge is 2.05. The van der Waals surface area contributed by atoms with Gasteiger partial charge in [0.2, 0.25) is 0 Å². The van der Waals surface area contributed by atoms with E-state index in [0.717, 1.165) is 11.1 Å². The topological polar surface area (TPSA) is 20.2 Å². The third-order valence-corrected chi connectivity index (χ3v) is 1.84. The molecule has 0 heterocycles. The molecule has 0 amide bonds. The molecule has 0 aliphatic rings. The van der Waals surface area contributed by atoms with Gasteiger partial charge in [0.15, 0.2) is 0 Å². The van der Waals surface area contributed by atoms with E-state index in [9.17, 15) is 9.50 Å². The lowest BCUT2D eigenvalue weighted by molar-refractivity contribution is 0.156. The Morgan fingerprint density at radius 3 is 2.14 bits per heavy atom. The Balaban J connectivity index is 0.000000791. The predicted octanol–water partition coefficient (Wildman–Crippen LogP) is 3.41. The van der Waals surface area contributed by atoms with Crippen molar-refractivity contribution >= 4 is 0 Å². The van der Waals surface area contributed by atoms with Crippen LogP contribution < -0.4 is 0 Å². The molecule has 14 heavy (non-hydrogen) atoms. The SMILES string of the molecule is CC.Cc1ccc(C(O)CCF)cc1. The smallest absolute Gasteiger partial charge is 0.0922 e. The van der Waals surface area contributed by atoms with E-state index in [4.69, 9.17) is 0 Å². The highest BCUT2D eigenvalue weighted by Crippen LogP contribution is 2.16. The molecule has 1 aromatic carbocycles. The molecule has 1 unspecified atom stereocenters. The van der Waals surface area contributed by atoms with Crippen molar-refractivity contribution in [3.8, 4) is 0 Å². The molecule has 0 spiro atoms. The van der Waals surface area contributed by atoms with Gasteiger partial charge in [-0.15, -0.1) is 0 Å². The first kappa shape index (κ1) is 13.1. The van der Waals surface area contributed by atoms with E-state index < -0.39 is 12.8 Å². The maximum atomic E-state index is 11.8. The molecule has 0 aromatic heterocycles. The number of aliphatic hydroxyl groups excluding tert-OH is 1. The molecule has 0 aliphatic carbocycles. The van der Waals surface area contributed by atoms with Crippen LogP contribution in [0.4, 0.5) is 4.39 Å². The number of benzene rings is 1. The third kappa shape index (κ3) is 4.38. The van der Waals surface area contributed by atoms with Gasteiger partial charge in [0.05, 0.1) is 12.8 Å². The van der Waals surface area contributed by atoms with Crippen molar-refractivity contribution < 1.29 is 9.50 Å². The quantitative estimate of drug-likeness (QED) is 0.789. The third-order valence-electron chi connectivity index (χ3n) is 1.84. The van der Waals surface area contributed by atoms with Gasteiger partial charge in [-0.2, -0.15) is 0 Å². The van der Waals surface area contributed by atoms with E-state index in [1.165, 1.54) is 0 Å². The highest BCUT2D eigenvalue weighted by atomic mass is 19.1. The summed E-state index contributed by atoms with van der Waals surface area (Å²) in [6.07, 6.45) is -0.473. The zero-order chi connectivity index (χ0) is 11.0. The number of rotatable bonds is 3. The van der Waals surface area contributed by atoms with Crippen LogP contribution in [0.1, 0.15) is 37.5 Å². The van der Waals surface area contributed by atoms with Crippen LogP contribution in [0.25, 0.3) is 0 Å². The molecule has 0 saturated carbocycles. The molecular formula is C12H19FO. The van der Waals surface area contributed by atoms with Gasteiger partial charge in [0.25, 0.3) is 0 Å². The summed E-state index contributed by atoms with van der Waals surface area (Å²) in [5.41, 5.74) is 1.93. The van der Waals surface area contributed by atoms with Gasteiger partial charge in [-0.3, -0.25) is 4.39 Å². The van der Waals surface area contributed by atoms with Gasteiger partial charge < -0.3 is 5.11 Å². The van der Waals surface area contributed by atoms with Crippen molar-refractivity contribution in [1.29, 1.82) is 0 Å². The predicted molar refractivity (Wildman–Crippen MR) is 58.1 cm³/mol. The molecular weight excluding hydrogens is 179 g/mol. The Bertz CT molecular complexity index is 231. The second kappa shape index (κ2) is 7.51. The molecule has 1 rings (SSSR count). The highest BCUT2D eigenvalue weighted by molar-refractivity contribution is 5.22. The van der Waals surface area contributed by atoms with Crippen LogP contribution in [0.3, 0.4) is 0 Å². The number of aliphatic hydroxyl groups is 1. The number of hydrogen-bond acceptors (Lipinski definition) is 1. The number of aryl methyl sites for hydroxylation is 1. The molecule has 1 N–H and O–H groups in total. The van der Waals surface area contributed by atoms with Crippen LogP contribution in [-0.2, 0) is 0 Å². The van der Waals surface area contributed by atoms with Crippen molar-refractivity contribution in [3.05, 3.63) is 35.4 Å². The van der Waals surface area contributed by atoms with Gasteiger partial charge in [-0.1, -0.05) is 43.7 Å². The molecule has 1 nitrogen and oxygen atoms in total. The number of hydrogen-bond donors (Lipinski definition) is 1. The Kier molecular flexibility index (Phi) is 7.03. The van der Waals surface area contributed by atoms with E-state index >= 15 is 0 Å². The van der Waals surface area contributed by atoms with Gasteiger partial charge in [-0.25, -0.2) is 0 Å². The number of alkyl halides is 1. The maximum absolute atomic E-state index is 11.8. The largest absolute Gasteiger partial charge is 0.388 e. The van der Waals surface area contributed by atoms with Gasteiger partial charge in [-0.05, 0) is 12.5 Å². The van der Waals surface area contributed by atoms with Crippen LogP contribution in [0, 0.1) is 6.92 Å². The van der Waals surface area contributed by atoms with Crippen molar-refractivity contribution in [3.63, 3.8) is 0 Å². The van der Waals surface area contributed by atoms with Crippen LogP contribution in [0.5, 0.6) is 0 Å². The fraction of sp³-hybridized carbons (Fsp3) is 0.500. The Hall–Kier alpha value is -0.890. The molecule has 1 aromatic rings. The van der Waals surface area contributed by atoms with E-state index in [0.29, 0.717) is 0 Å². The minimum Gasteiger partial charge on any atom is -0.388 e. The Labute approximate surface area is 85.6 Å². The molecule has 0 aliphatic heterocycles. The minimum atomic E-state index is -0.657. The number of halogens is 1. The molecule has 1 atom stereocenters. The lowest BCUT2D eigenvalue weighted by Gasteiger charge is -2.08. The van der Waals surface area contributed by atoms with Crippen molar-refractivity contribution in [2.75, 3.05) is 6.67 Å². The first-order valence-corrected chi connectivity index (χ1v) is 5.04. The zero-order valence-electron chi connectivity index (χ0n) is 9.13.